The number of benzene rings is 9. The molecule has 0 fully saturated rings. The Kier molecular flexibility index (Phi) is 10.5. The van der Waals surface area contributed by atoms with Gasteiger partial charge in [0.25, 0.3) is 0 Å². The first-order chi connectivity index (χ1) is 32.8. The molecular weight excluding hydrogens is 824 g/mol. The van der Waals surface area contributed by atoms with E-state index in [1.807, 2.05) is 0 Å². The molecule has 0 aliphatic carbocycles. The molecule has 1 N–H and O–H groups in total. The molecule has 0 amide bonds. The monoisotopic (exact) mass is 880 g/mol. The minimum absolute atomic E-state index is 0.0471. The SMILES string of the molecule is Cc1cccc(C)c1-c1cc(-c2ccc(-c3ccccc3)cc2Nc2ccc(C(C)(C)C)cc2)c2c(c1)N(c1ccc(C(C)(C)C)cc1-c1ccccc1)c1ccc3oc4ccccc4c3c1B2. The molecule has 11 rings (SSSR count). The van der Waals surface area contributed by atoms with Crippen molar-refractivity contribution in [3.8, 4) is 44.5 Å². The van der Waals surface area contributed by atoms with Crippen molar-refractivity contribution in [1.29, 1.82) is 0 Å². The summed E-state index contributed by atoms with van der Waals surface area (Å²) < 4.78 is 6.65. The number of anilines is 5. The van der Waals surface area contributed by atoms with Gasteiger partial charge in [-0.2, -0.15) is 0 Å². The van der Waals surface area contributed by atoms with Crippen molar-refractivity contribution in [1.82, 2.24) is 0 Å². The zero-order chi connectivity index (χ0) is 46.9. The summed E-state index contributed by atoms with van der Waals surface area (Å²) >= 11 is 0. The molecule has 2 heterocycles. The van der Waals surface area contributed by atoms with E-state index >= 15 is 0 Å². The third kappa shape index (κ3) is 7.68. The normalized spacial score (nSPS) is 12.5. The number of nitrogens with one attached hydrogen (secondary N) is 1. The first-order valence-electron chi connectivity index (χ1n) is 24.0. The number of rotatable bonds is 7. The zero-order valence-corrected chi connectivity index (χ0v) is 40.5. The van der Waals surface area contributed by atoms with Crippen molar-refractivity contribution < 1.29 is 4.42 Å². The molecule has 1 aliphatic rings. The van der Waals surface area contributed by atoms with Crippen LogP contribution in [-0.2, 0) is 10.8 Å². The standard InChI is InChI=1S/C64H57BN2O/c1-40-18-17-19-41(2)59(40)45-36-52(49-32-26-44(42-20-11-9-12-21-42)37-53(49)66-48-30-27-46(28-31-48)63(3,4)5)61-56(38-45)67(54-33-29-47(64(6,7)8)39-51(54)43-22-13-10-14-23-43)55-34-35-58-60(62(55)65-61)50-24-15-16-25-57(50)68-58/h9-39,65-66H,1-8H3. The Morgan fingerprint density at radius 3 is 1.79 bits per heavy atom. The molecule has 0 saturated heterocycles. The predicted octanol–water partition coefficient (Wildman–Crippen LogP) is 16.4. The smallest absolute Gasteiger partial charge is 0.199 e. The molecule has 10 aromatic rings. The molecule has 3 nitrogen and oxygen atoms in total. The lowest BCUT2D eigenvalue weighted by Gasteiger charge is -2.37. The van der Waals surface area contributed by atoms with Gasteiger partial charge in [-0.15, -0.1) is 0 Å². The quantitative estimate of drug-likeness (QED) is 0.162. The van der Waals surface area contributed by atoms with Gasteiger partial charge in [0, 0.05) is 44.6 Å². The number of hydrogen-bond donors (Lipinski definition) is 1. The van der Waals surface area contributed by atoms with Crippen LogP contribution in [0.25, 0.3) is 66.4 Å². The van der Waals surface area contributed by atoms with Gasteiger partial charge in [-0.3, -0.25) is 0 Å². The van der Waals surface area contributed by atoms with E-state index in [4.69, 9.17) is 4.42 Å². The van der Waals surface area contributed by atoms with Crippen LogP contribution in [0, 0.1) is 13.8 Å². The lowest BCUT2D eigenvalue weighted by Crippen LogP contribution is -2.41. The Morgan fingerprint density at radius 1 is 0.441 bits per heavy atom. The maximum Gasteiger partial charge on any atom is 0.199 e. The van der Waals surface area contributed by atoms with E-state index in [0.717, 1.165) is 44.7 Å². The molecule has 0 atom stereocenters. The van der Waals surface area contributed by atoms with Crippen molar-refractivity contribution in [2.75, 3.05) is 10.2 Å². The summed E-state index contributed by atoms with van der Waals surface area (Å²) in [6.07, 6.45) is 0. The molecule has 1 aromatic heterocycles. The Hall–Kier alpha value is -7.56. The summed E-state index contributed by atoms with van der Waals surface area (Å²) in [7, 11) is 0.714. The van der Waals surface area contributed by atoms with Crippen LogP contribution in [0.2, 0.25) is 0 Å². The largest absolute Gasteiger partial charge is 0.456 e. The van der Waals surface area contributed by atoms with E-state index in [-0.39, 0.29) is 10.8 Å². The maximum absolute atomic E-state index is 6.65. The number of para-hydroxylation sites is 1. The van der Waals surface area contributed by atoms with E-state index < -0.39 is 0 Å². The van der Waals surface area contributed by atoms with Gasteiger partial charge in [0.15, 0.2) is 7.28 Å². The number of nitrogens with zero attached hydrogens (tertiary/aromatic N) is 1. The fourth-order valence-corrected chi connectivity index (χ4v) is 10.5. The molecule has 68 heavy (non-hydrogen) atoms. The minimum atomic E-state index is -0.0489. The summed E-state index contributed by atoms with van der Waals surface area (Å²) in [4.78, 5) is 2.57. The Balaban J connectivity index is 1.24. The predicted molar refractivity (Wildman–Crippen MR) is 293 cm³/mol. The van der Waals surface area contributed by atoms with Crippen molar-refractivity contribution in [3.63, 3.8) is 0 Å². The highest BCUT2D eigenvalue weighted by atomic mass is 16.3. The van der Waals surface area contributed by atoms with Gasteiger partial charge < -0.3 is 14.6 Å². The molecule has 4 heteroatoms. The van der Waals surface area contributed by atoms with E-state index in [2.05, 4.69) is 254 Å². The fraction of sp³-hybridized carbons (Fsp3) is 0.156. The lowest BCUT2D eigenvalue weighted by atomic mass is 9.56. The highest BCUT2D eigenvalue weighted by molar-refractivity contribution is 6.76. The van der Waals surface area contributed by atoms with Gasteiger partial charge in [0.1, 0.15) is 11.2 Å². The van der Waals surface area contributed by atoms with E-state index in [0.29, 0.717) is 7.28 Å². The van der Waals surface area contributed by atoms with Gasteiger partial charge in [-0.25, -0.2) is 0 Å². The number of fused-ring (bicyclic) bond motifs is 6. The van der Waals surface area contributed by atoms with Crippen LogP contribution >= 0.6 is 0 Å². The van der Waals surface area contributed by atoms with Crippen molar-refractivity contribution in [3.05, 3.63) is 210 Å². The third-order valence-electron chi connectivity index (χ3n) is 14.1. The first-order valence-corrected chi connectivity index (χ1v) is 24.0. The van der Waals surface area contributed by atoms with Gasteiger partial charge >= 0.3 is 0 Å². The molecule has 1 aliphatic heterocycles. The fourth-order valence-electron chi connectivity index (χ4n) is 10.5. The average molecular weight is 881 g/mol. The number of aryl methyl sites for hydroxylation is 2. The number of hydrogen-bond acceptors (Lipinski definition) is 3. The third-order valence-corrected chi connectivity index (χ3v) is 14.1. The van der Waals surface area contributed by atoms with Crippen LogP contribution in [-0.4, -0.2) is 7.28 Å². The van der Waals surface area contributed by atoms with Gasteiger partial charge in [0.05, 0.1) is 5.69 Å². The van der Waals surface area contributed by atoms with Crippen LogP contribution in [0.5, 0.6) is 0 Å². The molecule has 0 saturated carbocycles. The van der Waals surface area contributed by atoms with Crippen molar-refractivity contribution in [2.24, 2.45) is 0 Å². The first kappa shape index (κ1) is 43.0. The van der Waals surface area contributed by atoms with Crippen molar-refractivity contribution >= 4 is 68.6 Å². The average Bonchev–Trinajstić information content (AvgIpc) is 3.72. The second kappa shape index (κ2) is 16.6. The topological polar surface area (TPSA) is 28.4 Å². The highest BCUT2D eigenvalue weighted by Gasteiger charge is 2.33. The summed E-state index contributed by atoms with van der Waals surface area (Å²) in [6, 6.07) is 69.4. The minimum Gasteiger partial charge on any atom is -0.456 e. The summed E-state index contributed by atoms with van der Waals surface area (Å²) in [6.45, 7) is 18.2. The second-order valence-corrected chi connectivity index (χ2v) is 20.8. The molecule has 9 aromatic carbocycles. The Labute approximate surface area is 402 Å². The van der Waals surface area contributed by atoms with E-state index in [9.17, 15) is 0 Å². The van der Waals surface area contributed by atoms with Crippen LogP contribution < -0.4 is 21.1 Å². The molecule has 0 radical (unpaired) electrons. The maximum atomic E-state index is 6.65. The molecular formula is C64H57BN2O. The number of furan rings is 1. The summed E-state index contributed by atoms with van der Waals surface area (Å²) in [5.41, 5.74) is 24.5. The molecule has 0 unspecified atom stereocenters. The van der Waals surface area contributed by atoms with Gasteiger partial charge in [-0.1, -0.05) is 169 Å². The van der Waals surface area contributed by atoms with E-state index in [1.54, 1.807) is 0 Å². The lowest BCUT2D eigenvalue weighted by molar-refractivity contribution is 0.590. The zero-order valence-electron chi connectivity index (χ0n) is 40.5. The van der Waals surface area contributed by atoms with E-state index in [1.165, 1.54) is 83.3 Å². The second-order valence-electron chi connectivity index (χ2n) is 20.8. The van der Waals surface area contributed by atoms with Gasteiger partial charge in [0.2, 0.25) is 0 Å². The van der Waals surface area contributed by atoms with Crippen LogP contribution in [0.3, 0.4) is 0 Å². The molecule has 0 bridgehead atoms. The summed E-state index contributed by atoms with van der Waals surface area (Å²) in [5, 5.41) is 6.29. The highest BCUT2D eigenvalue weighted by Crippen LogP contribution is 2.48. The van der Waals surface area contributed by atoms with Crippen LogP contribution in [0.15, 0.2) is 192 Å². The Morgan fingerprint density at radius 2 is 1.09 bits per heavy atom. The molecule has 332 valence electrons. The summed E-state index contributed by atoms with van der Waals surface area (Å²) in [5.74, 6) is 0. The van der Waals surface area contributed by atoms with Crippen LogP contribution in [0.1, 0.15) is 63.8 Å². The molecule has 0 spiro atoms. The van der Waals surface area contributed by atoms with Gasteiger partial charge in [-0.05, 0) is 152 Å². The van der Waals surface area contributed by atoms with Crippen LogP contribution in [0.4, 0.5) is 28.4 Å². The Bertz CT molecular complexity index is 3520. The van der Waals surface area contributed by atoms with Crippen molar-refractivity contribution in [2.45, 2.75) is 66.2 Å².